The first-order chi connectivity index (χ1) is 12.7. The SMILES string of the molecule is COc1ccc(C(=O)Nc2ccc(F)cc2)cc1COc1ccccc1. The number of hydrogen-bond donors (Lipinski definition) is 1. The van der Waals surface area contributed by atoms with Crippen LogP contribution in [-0.2, 0) is 6.61 Å². The van der Waals surface area contributed by atoms with Gasteiger partial charge in [0, 0.05) is 16.8 Å². The number of hydrogen-bond acceptors (Lipinski definition) is 3. The normalized spacial score (nSPS) is 10.2. The van der Waals surface area contributed by atoms with Crippen molar-refractivity contribution in [3.8, 4) is 11.5 Å². The van der Waals surface area contributed by atoms with Gasteiger partial charge < -0.3 is 14.8 Å². The van der Waals surface area contributed by atoms with E-state index in [0.717, 1.165) is 11.3 Å². The monoisotopic (exact) mass is 351 g/mol. The Balaban J connectivity index is 1.75. The van der Waals surface area contributed by atoms with Crippen LogP contribution in [0.3, 0.4) is 0 Å². The molecule has 0 bridgehead atoms. The van der Waals surface area contributed by atoms with E-state index in [-0.39, 0.29) is 18.3 Å². The van der Waals surface area contributed by atoms with E-state index in [1.54, 1.807) is 25.3 Å². The van der Waals surface area contributed by atoms with Crippen molar-refractivity contribution in [3.05, 3.63) is 89.7 Å². The summed E-state index contributed by atoms with van der Waals surface area (Å²) in [5.74, 6) is 0.725. The van der Waals surface area contributed by atoms with E-state index in [0.29, 0.717) is 17.0 Å². The maximum absolute atomic E-state index is 13.0. The van der Waals surface area contributed by atoms with Gasteiger partial charge in [0.05, 0.1) is 7.11 Å². The fourth-order valence-electron chi connectivity index (χ4n) is 2.45. The summed E-state index contributed by atoms with van der Waals surface area (Å²) in [6.45, 7) is 0.269. The summed E-state index contributed by atoms with van der Waals surface area (Å²) in [7, 11) is 1.57. The minimum atomic E-state index is -0.354. The molecule has 0 aliphatic carbocycles. The molecule has 0 aromatic heterocycles. The number of halogens is 1. The summed E-state index contributed by atoms with van der Waals surface area (Å²) in [5.41, 5.74) is 1.74. The Bertz CT molecular complexity index is 880. The number of rotatable bonds is 6. The Morgan fingerprint density at radius 2 is 1.73 bits per heavy atom. The number of para-hydroxylation sites is 1. The van der Waals surface area contributed by atoms with Crippen molar-refractivity contribution in [1.29, 1.82) is 0 Å². The lowest BCUT2D eigenvalue weighted by Crippen LogP contribution is -2.12. The zero-order valence-electron chi connectivity index (χ0n) is 14.2. The van der Waals surface area contributed by atoms with Crippen LogP contribution in [0.25, 0.3) is 0 Å². The van der Waals surface area contributed by atoms with Crippen LogP contribution in [0.2, 0.25) is 0 Å². The van der Waals surface area contributed by atoms with Gasteiger partial charge in [0.1, 0.15) is 23.9 Å². The molecule has 3 aromatic rings. The first-order valence-corrected chi connectivity index (χ1v) is 8.07. The van der Waals surface area contributed by atoms with E-state index < -0.39 is 0 Å². The van der Waals surface area contributed by atoms with E-state index >= 15 is 0 Å². The number of methoxy groups -OCH3 is 1. The maximum atomic E-state index is 13.0. The number of nitrogens with one attached hydrogen (secondary N) is 1. The molecule has 0 heterocycles. The van der Waals surface area contributed by atoms with Crippen molar-refractivity contribution in [1.82, 2.24) is 0 Å². The molecular formula is C21H18FNO3. The molecule has 1 N–H and O–H groups in total. The lowest BCUT2D eigenvalue weighted by atomic mass is 10.1. The highest BCUT2D eigenvalue weighted by atomic mass is 19.1. The summed E-state index contributed by atoms with van der Waals surface area (Å²) < 4.78 is 24.1. The van der Waals surface area contributed by atoms with Crippen molar-refractivity contribution in [2.45, 2.75) is 6.61 Å². The maximum Gasteiger partial charge on any atom is 0.255 e. The van der Waals surface area contributed by atoms with Gasteiger partial charge in [-0.25, -0.2) is 4.39 Å². The van der Waals surface area contributed by atoms with Crippen LogP contribution in [0.4, 0.5) is 10.1 Å². The number of carbonyl (C=O) groups excluding carboxylic acids is 1. The number of carbonyl (C=O) groups is 1. The Hall–Kier alpha value is -3.34. The zero-order chi connectivity index (χ0) is 18.4. The lowest BCUT2D eigenvalue weighted by Gasteiger charge is -2.12. The standard InChI is InChI=1S/C21H18FNO3/c1-25-20-12-7-15(21(24)23-18-10-8-17(22)9-11-18)13-16(20)14-26-19-5-3-2-4-6-19/h2-13H,14H2,1H3,(H,23,24). The summed E-state index contributed by atoms with van der Waals surface area (Å²) in [6, 6.07) is 20.1. The predicted octanol–water partition coefficient (Wildman–Crippen LogP) is 4.67. The molecule has 4 nitrogen and oxygen atoms in total. The molecule has 0 spiro atoms. The highest BCUT2D eigenvalue weighted by Crippen LogP contribution is 2.23. The smallest absolute Gasteiger partial charge is 0.255 e. The second-order valence-corrected chi connectivity index (χ2v) is 5.59. The van der Waals surface area contributed by atoms with Crippen molar-refractivity contribution in [2.75, 3.05) is 12.4 Å². The van der Waals surface area contributed by atoms with Crippen molar-refractivity contribution >= 4 is 11.6 Å². The van der Waals surface area contributed by atoms with Crippen LogP contribution in [0.5, 0.6) is 11.5 Å². The van der Waals surface area contributed by atoms with E-state index in [4.69, 9.17) is 9.47 Å². The van der Waals surface area contributed by atoms with E-state index in [9.17, 15) is 9.18 Å². The molecule has 0 saturated heterocycles. The first kappa shape index (κ1) is 17.5. The lowest BCUT2D eigenvalue weighted by molar-refractivity contribution is 0.102. The molecule has 0 radical (unpaired) electrons. The van der Waals surface area contributed by atoms with Gasteiger partial charge in [-0.3, -0.25) is 4.79 Å². The molecule has 0 atom stereocenters. The fourth-order valence-corrected chi connectivity index (χ4v) is 2.45. The molecule has 3 aromatic carbocycles. The summed E-state index contributed by atoms with van der Waals surface area (Å²) >= 11 is 0. The molecule has 132 valence electrons. The molecule has 0 unspecified atom stereocenters. The molecule has 0 fully saturated rings. The van der Waals surface area contributed by atoms with Crippen molar-refractivity contribution < 1.29 is 18.7 Å². The van der Waals surface area contributed by atoms with Gasteiger partial charge in [-0.2, -0.15) is 0 Å². The quantitative estimate of drug-likeness (QED) is 0.702. The first-order valence-electron chi connectivity index (χ1n) is 8.07. The highest BCUT2D eigenvalue weighted by Gasteiger charge is 2.11. The second kappa shape index (κ2) is 8.16. The van der Waals surface area contributed by atoms with E-state index in [1.807, 2.05) is 30.3 Å². The van der Waals surface area contributed by atoms with Crippen LogP contribution in [-0.4, -0.2) is 13.0 Å². The van der Waals surface area contributed by atoms with E-state index in [2.05, 4.69) is 5.32 Å². The van der Waals surface area contributed by atoms with Gasteiger partial charge in [-0.05, 0) is 54.6 Å². The Morgan fingerprint density at radius 3 is 2.42 bits per heavy atom. The molecule has 0 saturated carbocycles. The Kier molecular flexibility index (Phi) is 5.49. The highest BCUT2D eigenvalue weighted by molar-refractivity contribution is 6.04. The average Bonchev–Trinajstić information content (AvgIpc) is 2.68. The van der Waals surface area contributed by atoms with Gasteiger partial charge in [-0.15, -0.1) is 0 Å². The number of ether oxygens (including phenoxy) is 2. The van der Waals surface area contributed by atoms with Crippen LogP contribution in [0.15, 0.2) is 72.8 Å². The summed E-state index contributed by atoms with van der Waals surface area (Å²) in [4.78, 5) is 12.4. The van der Waals surface area contributed by atoms with Gasteiger partial charge in [0.2, 0.25) is 0 Å². The molecule has 26 heavy (non-hydrogen) atoms. The molecule has 0 aliphatic rings. The minimum absolute atomic E-state index is 0.269. The number of anilines is 1. The van der Waals surface area contributed by atoms with E-state index in [1.165, 1.54) is 24.3 Å². The molecule has 0 aliphatic heterocycles. The Morgan fingerprint density at radius 1 is 1.00 bits per heavy atom. The topological polar surface area (TPSA) is 47.6 Å². The van der Waals surface area contributed by atoms with Crippen LogP contribution in [0, 0.1) is 5.82 Å². The third kappa shape index (κ3) is 4.39. The third-order valence-corrected chi connectivity index (χ3v) is 3.78. The molecular weight excluding hydrogens is 333 g/mol. The minimum Gasteiger partial charge on any atom is -0.496 e. The zero-order valence-corrected chi connectivity index (χ0v) is 14.2. The van der Waals surface area contributed by atoms with Gasteiger partial charge in [0.15, 0.2) is 0 Å². The third-order valence-electron chi connectivity index (χ3n) is 3.78. The van der Waals surface area contributed by atoms with Crippen LogP contribution < -0.4 is 14.8 Å². The Labute approximate surface area is 151 Å². The van der Waals surface area contributed by atoms with Gasteiger partial charge in [0.25, 0.3) is 5.91 Å². The van der Waals surface area contributed by atoms with Crippen molar-refractivity contribution in [2.24, 2.45) is 0 Å². The van der Waals surface area contributed by atoms with Gasteiger partial charge >= 0.3 is 0 Å². The number of amides is 1. The molecule has 1 amide bonds. The van der Waals surface area contributed by atoms with Crippen LogP contribution >= 0.6 is 0 Å². The van der Waals surface area contributed by atoms with Crippen molar-refractivity contribution in [3.63, 3.8) is 0 Å². The predicted molar refractivity (Wildman–Crippen MR) is 98.1 cm³/mol. The largest absolute Gasteiger partial charge is 0.496 e. The average molecular weight is 351 g/mol. The molecule has 5 heteroatoms. The van der Waals surface area contributed by atoms with Crippen LogP contribution in [0.1, 0.15) is 15.9 Å². The number of benzene rings is 3. The molecule has 3 rings (SSSR count). The summed E-state index contributed by atoms with van der Waals surface area (Å²) in [6.07, 6.45) is 0. The van der Waals surface area contributed by atoms with Gasteiger partial charge in [-0.1, -0.05) is 18.2 Å². The second-order valence-electron chi connectivity index (χ2n) is 5.59. The fraction of sp³-hybridized carbons (Fsp3) is 0.0952. The summed E-state index contributed by atoms with van der Waals surface area (Å²) in [5, 5.41) is 2.74.